The Morgan fingerprint density at radius 2 is 1.45 bits per heavy atom. The minimum atomic E-state index is -0.337. The van der Waals surface area contributed by atoms with Crippen molar-refractivity contribution in [1.29, 1.82) is 0 Å². The second kappa shape index (κ2) is 18.6. The zero-order valence-corrected chi connectivity index (χ0v) is 27.5. The molecular weight excluding hydrogens is 598 g/mol. The van der Waals surface area contributed by atoms with Gasteiger partial charge in [0.1, 0.15) is 11.5 Å². The van der Waals surface area contributed by atoms with Crippen molar-refractivity contribution >= 4 is 29.1 Å². The number of hydrogen-bond donors (Lipinski definition) is 3. The van der Waals surface area contributed by atoms with Crippen LogP contribution in [0.25, 0.3) is 0 Å². The van der Waals surface area contributed by atoms with Crippen molar-refractivity contribution in [3.05, 3.63) is 83.4 Å². The molecule has 1 saturated heterocycles. The highest BCUT2D eigenvalue weighted by atomic mass is 16.5. The molecule has 1 aliphatic heterocycles. The van der Waals surface area contributed by atoms with Gasteiger partial charge in [-0.05, 0) is 81.7 Å². The summed E-state index contributed by atoms with van der Waals surface area (Å²) in [7, 11) is 3.63. The summed E-state index contributed by atoms with van der Waals surface area (Å²) < 4.78 is 17.2. The van der Waals surface area contributed by atoms with Gasteiger partial charge in [-0.3, -0.25) is 14.4 Å². The summed E-state index contributed by atoms with van der Waals surface area (Å²) in [6.45, 7) is 5.02. The van der Waals surface area contributed by atoms with Crippen LogP contribution >= 0.6 is 0 Å². The number of unbranched alkanes of at least 4 members (excludes halogenated alkanes) is 2. The van der Waals surface area contributed by atoms with Crippen LogP contribution in [0.4, 0.5) is 11.4 Å². The van der Waals surface area contributed by atoms with Crippen molar-refractivity contribution in [3.63, 3.8) is 0 Å². The maximum absolute atomic E-state index is 13.3. The quantitative estimate of drug-likeness (QED) is 0.179. The van der Waals surface area contributed by atoms with Gasteiger partial charge in [-0.1, -0.05) is 24.3 Å². The third kappa shape index (κ3) is 10.8. The molecule has 3 aromatic carbocycles. The van der Waals surface area contributed by atoms with Gasteiger partial charge < -0.3 is 40.4 Å². The lowest BCUT2D eigenvalue weighted by molar-refractivity contribution is -0.132. The first-order valence-electron chi connectivity index (χ1n) is 16.2. The Morgan fingerprint density at radius 3 is 2.21 bits per heavy atom. The molecule has 47 heavy (non-hydrogen) atoms. The van der Waals surface area contributed by atoms with E-state index in [4.69, 9.17) is 19.9 Å². The zero-order valence-electron chi connectivity index (χ0n) is 27.5. The highest BCUT2D eigenvalue weighted by molar-refractivity contribution is 6.08. The van der Waals surface area contributed by atoms with Crippen LogP contribution in [0.3, 0.4) is 0 Å². The summed E-state index contributed by atoms with van der Waals surface area (Å²) in [5, 5.41) is 5.88. The van der Waals surface area contributed by atoms with Crippen molar-refractivity contribution < 1.29 is 28.6 Å². The fourth-order valence-electron chi connectivity index (χ4n) is 5.21. The van der Waals surface area contributed by atoms with Crippen molar-refractivity contribution in [2.24, 2.45) is 5.73 Å². The number of amides is 3. The number of rotatable bonds is 17. The van der Waals surface area contributed by atoms with Crippen LogP contribution in [0, 0.1) is 0 Å². The number of anilines is 2. The molecule has 3 aromatic rings. The number of hydrogen-bond acceptors (Lipinski definition) is 8. The number of ether oxygens (including phenoxy) is 3. The van der Waals surface area contributed by atoms with E-state index < -0.39 is 0 Å². The molecule has 252 valence electrons. The van der Waals surface area contributed by atoms with Crippen molar-refractivity contribution in [3.8, 4) is 11.5 Å². The molecule has 0 spiro atoms. The Balaban J connectivity index is 1.31. The van der Waals surface area contributed by atoms with Crippen molar-refractivity contribution in [2.75, 3.05) is 70.7 Å². The van der Waals surface area contributed by atoms with Crippen LogP contribution in [-0.4, -0.2) is 87.6 Å². The Labute approximate surface area is 277 Å². The summed E-state index contributed by atoms with van der Waals surface area (Å²) in [5.74, 6) is 0.612. The van der Waals surface area contributed by atoms with Gasteiger partial charge >= 0.3 is 0 Å². The maximum Gasteiger partial charge on any atom is 0.259 e. The molecule has 1 aliphatic rings. The molecule has 1 fully saturated rings. The zero-order chi connectivity index (χ0) is 33.4. The van der Waals surface area contributed by atoms with E-state index in [1.165, 1.54) is 0 Å². The summed E-state index contributed by atoms with van der Waals surface area (Å²) in [4.78, 5) is 43.2. The van der Waals surface area contributed by atoms with Crippen LogP contribution in [0.2, 0.25) is 0 Å². The van der Waals surface area contributed by atoms with E-state index in [0.29, 0.717) is 72.2 Å². The van der Waals surface area contributed by atoms with Gasteiger partial charge in [-0.2, -0.15) is 0 Å². The largest absolute Gasteiger partial charge is 0.493 e. The second-order valence-corrected chi connectivity index (χ2v) is 11.5. The number of nitrogens with two attached hydrogens (primary N) is 1. The summed E-state index contributed by atoms with van der Waals surface area (Å²) >= 11 is 0. The Kier molecular flexibility index (Phi) is 14.0. The normalized spacial score (nSPS) is 13.2. The minimum Gasteiger partial charge on any atom is -0.493 e. The molecule has 1 heterocycles. The van der Waals surface area contributed by atoms with E-state index in [1.807, 2.05) is 29.2 Å². The average molecular weight is 646 g/mol. The highest BCUT2D eigenvalue weighted by Crippen LogP contribution is 2.27. The Bertz CT molecular complexity index is 1470. The summed E-state index contributed by atoms with van der Waals surface area (Å²) in [6.07, 6.45) is 3.74. The smallest absolute Gasteiger partial charge is 0.259 e. The molecule has 0 aromatic heterocycles. The van der Waals surface area contributed by atoms with Gasteiger partial charge in [0, 0.05) is 56.5 Å². The van der Waals surface area contributed by atoms with E-state index in [0.717, 1.165) is 45.4 Å². The van der Waals surface area contributed by atoms with Crippen LogP contribution in [-0.2, 0) is 16.1 Å². The van der Waals surface area contributed by atoms with E-state index in [-0.39, 0.29) is 24.3 Å². The van der Waals surface area contributed by atoms with Gasteiger partial charge in [-0.15, -0.1) is 0 Å². The number of carbonyl (C=O) groups is 3. The van der Waals surface area contributed by atoms with E-state index >= 15 is 0 Å². The first-order valence-corrected chi connectivity index (χ1v) is 16.2. The highest BCUT2D eigenvalue weighted by Gasteiger charge is 2.19. The number of nitrogens with zero attached hydrogens (tertiary/aromatic N) is 2. The molecule has 0 bridgehead atoms. The standard InChI is InChI=1S/C36H47N5O6/c1-40-19-21-41(22-20-40)34(42)15-4-3-9-23-47-33-14-8-6-12-31(33)39-35(43)27-16-17-30(28(25-27)26-45-2)38-36(44)29-11-5-7-13-32(29)46-24-10-18-37/h5-8,11-14,16-17,25H,3-4,9-10,15,18-24,26,37H2,1-2H3,(H,38,44)(H,39,43). The predicted octanol–water partition coefficient (Wildman–Crippen LogP) is 4.78. The molecular formula is C36H47N5O6. The van der Waals surface area contributed by atoms with E-state index in [2.05, 4.69) is 22.6 Å². The number of para-hydroxylation sites is 3. The lowest BCUT2D eigenvalue weighted by Crippen LogP contribution is -2.47. The topological polar surface area (TPSA) is 135 Å². The van der Waals surface area contributed by atoms with Gasteiger partial charge in [0.15, 0.2) is 0 Å². The van der Waals surface area contributed by atoms with E-state index in [1.54, 1.807) is 49.6 Å². The predicted molar refractivity (Wildman–Crippen MR) is 183 cm³/mol. The maximum atomic E-state index is 13.3. The second-order valence-electron chi connectivity index (χ2n) is 11.5. The monoisotopic (exact) mass is 645 g/mol. The number of nitrogens with one attached hydrogen (secondary N) is 2. The van der Waals surface area contributed by atoms with Crippen LogP contribution in [0.1, 0.15) is 58.4 Å². The van der Waals surface area contributed by atoms with Gasteiger partial charge in [0.2, 0.25) is 5.91 Å². The van der Waals surface area contributed by atoms with Crippen molar-refractivity contribution in [1.82, 2.24) is 9.80 Å². The fraction of sp³-hybridized carbons (Fsp3) is 0.417. The van der Waals surface area contributed by atoms with Gasteiger partial charge in [0.05, 0.1) is 31.1 Å². The Hall–Kier alpha value is -4.45. The molecule has 0 unspecified atom stereocenters. The molecule has 0 radical (unpaired) electrons. The van der Waals surface area contributed by atoms with Crippen LogP contribution < -0.4 is 25.8 Å². The first kappa shape index (κ1) is 35.4. The number of carbonyl (C=O) groups excluding carboxylic acids is 3. The SMILES string of the molecule is COCc1cc(C(=O)Nc2ccccc2OCCCCCC(=O)N2CCN(C)CC2)ccc1NC(=O)c1ccccc1OCCCN. The molecule has 11 heteroatoms. The lowest BCUT2D eigenvalue weighted by Gasteiger charge is -2.32. The number of likely N-dealkylation sites (N-methyl/N-ethyl adjacent to an activating group) is 1. The van der Waals surface area contributed by atoms with Crippen LogP contribution in [0.5, 0.6) is 11.5 Å². The molecule has 4 N–H and O–H groups in total. The number of benzene rings is 3. The number of piperazine rings is 1. The summed E-state index contributed by atoms with van der Waals surface area (Å²) in [5.41, 5.74) is 8.09. The van der Waals surface area contributed by atoms with E-state index in [9.17, 15) is 14.4 Å². The molecule has 11 nitrogen and oxygen atoms in total. The molecule has 0 aliphatic carbocycles. The number of methoxy groups -OCH3 is 1. The molecule has 0 atom stereocenters. The molecule has 0 saturated carbocycles. The third-order valence-corrected chi connectivity index (χ3v) is 7.94. The molecule has 4 rings (SSSR count). The first-order chi connectivity index (χ1) is 22.9. The minimum absolute atomic E-state index is 0.187. The Morgan fingerprint density at radius 1 is 0.766 bits per heavy atom. The molecule has 3 amide bonds. The van der Waals surface area contributed by atoms with Crippen molar-refractivity contribution in [2.45, 2.75) is 38.7 Å². The summed E-state index contributed by atoms with van der Waals surface area (Å²) in [6, 6.07) is 19.4. The average Bonchev–Trinajstić information content (AvgIpc) is 3.08. The van der Waals surface area contributed by atoms with Gasteiger partial charge in [0.25, 0.3) is 11.8 Å². The third-order valence-electron chi connectivity index (χ3n) is 7.94. The fourth-order valence-corrected chi connectivity index (χ4v) is 5.21. The van der Waals surface area contributed by atoms with Gasteiger partial charge in [-0.25, -0.2) is 0 Å². The lowest BCUT2D eigenvalue weighted by atomic mass is 10.1. The van der Waals surface area contributed by atoms with Crippen LogP contribution in [0.15, 0.2) is 66.7 Å².